The molecule has 0 bridgehead atoms. The van der Waals surface area contributed by atoms with Gasteiger partial charge in [0, 0.05) is 30.1 Å². The van der Waals surface area contributed by atoms with Gasteiger partial charge in [0.1, 0.15) is 5.82 Å². The standard InChI is InChI=1S/C15H20N4/c1-10(2)13-6-9-17-15-11(3)14(18-19(13)15)12-4-7-16-8-5-12/h4-5,7-8,10,13,17H,6,9H2,1-3H3. The van der Waals surface area contributed by atoms with E-state index >= 15 is 0 Å². The molecule has 0 radical (unpaired) electrons. The van der Waals surface area contributed by atoms with Crippen LogP contribution < -0.4 is 5.32 Å². The summed E-state index contributed by atoms with van der Waals surface area (Å²) in [7, 11) is 0. The van der Waals surface area contributed by atoms with Gasteiger partial charge < -0.3 is 5.32 Å². The van der Waals surface area contributed by atoms with Crippen molar-refractivity contribution in [3.63, 3.8) is 0 Å². The highest BCUT2D eigenvalue weighted by molar-refractivity contribution is 5.68. The van der Waals surface area contributed by atoms with Gasteiger partial charge in [-0.25, -0.2) is 4.68 Å². The molecule has 0 aromatic carbocycles. The summed E-state index contributed by atoms with van der Waals surface area (Å²) in [6.45, 7) is 7.71. The molecule has 3 heterocycles. The van der Waals surface area contributed by atoms with Crippen LogP contribution in [-0.4, -0.2) is 21.3 Å². The zero-order valence-electron chi connectivity index (χ0n) is 11.7. The van der Waals surface area contributed by atoms with E-state index < -0.39 is 0 Å². The van der Waals surface area contributed by atoms with Crippen molar-refractivity contribution in [2.75, 3.05) is 11.9 Å². The van der Waals surface area contributed by atoms with Crippen molar-refractivity contribution in [1.82, 2.24) is 14.8 Å². The topological polar surface area (TPSA) is 42.7 Å². The lowest BCUT2D eigenvalue weighted by Gasteiger charge is -2.28. The van der Waals surface area contributed by atoms with E-state index in [-0.39, 0.29) is 0 Å². The lowest BCUT2D eigenvalue weighted by atomic mass is 9.99. The number of fused-ring (bicyclic) bond motifs is 1. The molecule has 1 N–H and O–H groups in total. The van der Waals surface area contributed by atoms with Crippen LogP contribution in [0.5, 0.6) is 0 Å². The number of rotatable bonds is 2. The molecule has 3 rings (SSSR count). The second kappa shape index (κ2) is 4.68. The van der Waals surface area contributed by atoms with E-state index in [1.165, 1.54) is 11.4 Å². The number of nitrogens with one attached hydrogen (secondary N) is 1. The molecule has 1 aliphatic rings. The summed E-state index contributed by atoms with van der Waals surface area (Å²) in [4.78, 5) is 4.08. The Hall–Kier alpha value is -1.84. The molecule has 1 aliphatic heterocycles. The van der Waals surface area contributed by atoms with E-state index in [9.17, 15) is 0 Å². The SMILES string of the molecule is Cc1c(-c2ccncc2)nn2c1NCCC2C(C)C. The van der Waals surface area contributed by atoms with Gasteiger partial charge in [0.25, 0.3) is 0 Å². The highest BCUT2D eigenvalue weighted by Crippen LogP contribution is 2.35. The van der Waals surface area contributed by atoms with Crippen LogP contribution in [0.15, 0.2) is 24.5 Å². The fourth-order valence-electron chi connectivity index (χ4n) is 2.83. The van der Waals surface area contributed by atoms with Crippen LogP contribution in [0.1, 0.15) is 31.9 Å². The summed E-state index contributed by atoms with van der Waals surface area (Å²) in [6, 6.07) is 4.53. The van der Waals surface area contributed by atoms with Crippen LogP contribution in [0, 0.1) is 12.8 Å². The molecule has 4 heteroatoms. The molecule has 1 atom stereocenters. The van der Waals surface area contributed by atoms with Crippen LogP contribution >= 0.6 is 0 Å². The Kier molecular flexibility index (Phi) is 3.01. The molecule has 2 aromatic rings. The van der Waals surface area contributed by atoms with E-state index in [1.807, 2.05) is 24.5 Å². The van der Waals surface area contributed by atoms with Crippen LogP contribution in [0.2, 0.25) is 0 Å². The highest BCUT2D eigenvalue weighted by atomic mass is 15.4. The number of hydrogen-bond donors (Lipinski definition) is 1. The van der Waals surface area contributed by atoms with Crippen LogP contribution in [0.4, 0.5) is 5.82 Å². The molecule has 0 fully saturated rings. The van der Waals surface area contributed by atoms with Gasteiger partial charge in [-0.15, -0.1) is 0 Å². The van der Waals surface area contributed by atoms with Gasteiger partial charge in [0.15, 0.2) is 0 Å². The third-order valence-corrected chi connectivity index (χ3v) is 3.92. The van der Waals surface area contributed by atoms with Crippen LogP contribution in [-0.2, 0) is 0 Å². The van der Waals surface area contributed by atoms with Crippen molar-refractivity contribution in [3.05, 3.63) is 30.1 Å². The minimum Gasteiger partial charge on any atom is -0.370 e. The van der Waals surface area contributed by atoms with Crippen molar-refractivity contribution < 1.29 is 0 Å². The number of aromatic nitrogens is 3. The first-order valence-electron chi connectivity index (χ1n) is 6.92. The zero-order valence-corrected chi connectivity index (χ0v) is 11.7. The van der Waals surface area contributed by atoms with Crippen molar-refractivity contribution >= 4 is 5.82 Å². The smallest absolute Gasteiger partial charge is 0.128 e. The summed E-state index contributed by atoms with van der Waals surface area (Å²) < 4.78 is 2.18. The van der Waals surface area contributed by atoms with Crippen molar-refractivity contribution in [1.29, 1.82) is 0 Å². The van der Waals surface area contributed by atoms with Gasteiger partial charge >= 0.3 is 0 Å². The van der Waals surface area contributed by atoms with E-state index in [4.69, 9.17) is 5.10 Å². The van der Waals surface area contributed by atoms with E-state index in [2.05, 4.69) is 35.8 Å². The van der Waals surface area contributed by atoms with Crippen molar-refractivity contribution in [3.8, 4) is 11.3 Å². The minimum absolute atomic E-state index is 0.491. The predicted octanol–water partition coefficient (Wildman–Crippen LogP) is 3.27. The van der Waals surface area contributed by atoms with Gasteiger partial charge in [-0.05, 0) is 31.4 Å². The van der Waals surface area contributed by atoms with Crippen LogP contribution in [0.3, 0.4) is 0 Å². The molecule has 0 saturated heterocycles. The van der Waals surface area contributed by atoms with Gasteiger partial charge in [0.2, 0.25) is 0 Å². The Morgan fingerprint density at radius 2 is 2.05 bits per heavy atom. The molecule has 19 heavy (non-hydrogen) atoms. The van der Waals surface area contributed by atoms with Crippen molar-refractivity contribution in [2.45, 2.75) is 33.2 Å². The average Bonchev–Trinajstić information content (AvgIpc) is 2.77. The maximum absolute atomic E-state index is 4.85. The molecule has 0 spiro atoms. The summed E-state index contributed by atoms with van der Waals surface area (Å²) >= 11 is 0. The monoisotopic (exact) mass is 256 g/mol. The number of nitrogens with zero attached hydrogens (tertiary/aromatic N) is 3. The van der Waals surface area contributed by atoms with Crippen molar-refractivity contribution in [2.24, 2.45) is 5.92 Å². The minimum atomic E-state index is 0.491. The second-order valence-corrected chi connectivity index (χ2v) is 5.53. The average molecular weight is 256 g/mol. The Morgan fingerprint density at radius 3 is 2.74 bits per heavy atom. The Balaban J connectivity index is 2.10. The predicted molar refractivity (Wildman–Crippen MR) is 77.2 cm³/mol. The van der Waals surface area contributed by atoms with Gasteiger partial charge in [-0.3, -0.25) is 4.98 Å². The summed E-state index contributed by atoms with van der Waals surface area (Å²) in [6.07, 6.45) is 4.78. The van der Waals surface area contributed by atoms with Gasteiger partial charge in [0.05, 0.1) is 11.7 Å². The largest absolute Gasteiger partial charge is 0.370 e. The van der Waals surface area contributed by atoms with Crippen LogP contribution in [0.25, 0.3) is 11.3 Å². The second-order valence-electron chi connectivity index (χ2n) is 5.53. The highest BCUT2D eigenvalue weighted by Gasteiger charge is 2.26. The first-order chi connectivity index (χ1) is 9.18. The summed E-state index contributed by atoms with van der Waals surface area (Å²) in [5, 5.41) is 8.34. The summed E-state index contributed by atoms with van der Waals surface area (Å²) in [5.41, 5.74) is 3.44. The molecule has 4 nitrogen and oxygen atoms in total. The first-order valence-corrected chi connectivity index (χ1v) is 6.92. The normalized spacial score (nSPS) is 18.2. The zero-order chi connectivity index (χ0) is 13.4. The number of hydrogen-bond acceptors (Lipinski definition) is 3. The van der Waals surface area contributed by atoms with E-state index in [1.54, 1.807) is 0 Å². The first kappa shape index (κ1) is 12.2. The van der Waals surface area contributed by atoms with Gasteiger partial charge in [-0.2, -0.15) is 5.10 Å². The number of pyridine rings is 1. The number of anilines is 1. The maximum Gasteiger partial charge on any atom is 0.128 e. The summed E-state index contributed by atoms with van der Waals surface area (Å²) in [5.74, 6) is 1.78. The quantitative estimate of drug-likeness (QED) is 0.896. The molecular formula is C15H20N4. The van der Waals surface area contributed by atoms with E-state index in [0.29, 0.717) is 12.0 Å². The lowest BCUT2D eigenvalue weighted by Crippen LogP contribution is -2.27. The van der Waals surface area contributed by atoms with Gasteiger partial charge in [-0.1, -0.05) is 13.8 Å². The molecular weight excluding hydrogens is 236 g/mol. The molecule has 0 aliphatic carbocycles. The fraction of sp³-hybridized carbons (Fsp3) is 0.467. The Labute approximate surface area is 113 Å². The van der Waals surface area contributed by atoms with E-state index in [0.717, 1.165) is 24.2 Å². The fourth-order valence-corrected chi connectivity index (χ4v) is 2.83. The Morgan fingerprint density at radius 1 is 1.32 bits per heavy atom. The Bertz CT molecular complexity index is 571. The maximum atomic E-state index is 4.85. The molecule has 1 unspecified atom stereocenters. The third kappa shape index (κ3) is 2.01. The molecule has 2 aromatic heterocycles. The lowest BCUT2D eigenvalue weighted by molar-refractivity contribution is 0.323. The molecule has 0 saturated carbocycles. The third-order valence-electron chi connectivity index (χ3n) is 3.92. The molecule has 0 amide bonds. The molecule has 100 valence electrons.